The Labute approximate surface area is 144 Å². The van der Waals surface area contributed by atoms with Crippen LogP contribution in [0.1, 0.15) is 69.2 Å². The fraction of sp³-hybridized carbons (Fsp3) is 0.700. The average molecular weight is 331 g/mol. The van der Waals surface area contributed by atoms with Gasteiger partial charge in [0.1, 0.15) is 6.04 Å². The van der Waals surface area contributed by atoms with Crippen LogP contribution in [-0.4, -0.2) is 23.1 Å². The van der Waals surface area contributed by atoms with Gasteiger partial charge in [-0.2, -0.15) is 0 Å². The summed E-state index contributed by atoms with van der Waals surface area (Å²) in [6.07, 6.45) is 8.62. The molecule has 1 aromatic heterocycles. The minimum atomic E-state index is -0.436. The molecule has 0 N–H and O–H groups in total. The topological polar surface area (TPSA) is 48.3 Å². The quantitative estimate of drug-likeness (QED) is 0.828. The predicted octanol–water partition coefficient (Wildman–Crippen LogP) is 3.59. The number of aryl methyl sites for hydroxylation is 2. The minimum absolute atomic E-state index is 0.0409. The highest BCUT2D eigenvalue weighted by atomic mass is 16.5. The van der Waals surface area contributed by atoms with Gasteiger partial charge in [0.2, 0.25) is 0 Å². The average Bonchev–Trinajstić information content (AvgIpc) is 2.59. The highest BCUT2D eigenvalue weighted by molar-refractivity contribution is 5.84. The molecule has 1 aliphatic carbocycles. The Kier molecular flexibility index (Phi) is 5.54. The predicted molar refractivity (Wildman–Crippen MR) is 94.4 cm³/mol. The van der Waals surface area contributed by atoms with Crippen LogP contribution in [0.5, 0.6) is 0 Å². The first kappa shape index (κ1) is 17.4. The summed E-state index contributed by atoms with van der Waals surface area (Å²) < 4.78 is 7.77. The van der Waals surface area contributed by atoms with Crippen LogP contribution in [0.15, 0.2) is 16.9 Å². The van der Waals surface area contributed by atoms with Crippen molar-refractivity contribution in [1.29, 1.82) is 0 Å². The van der Waals surface area contributed by atoms with Gasteiger partial charge in [-0.1, -0.05) is 25.8 Å². The molecule has 0 saturated heterocycles. The Balaban J connectivity index is 1.65. The third-order valence-electron chi connectivity index (χ3n) is 5.68. The smallest absolute Gasteiger partial charge is 0.254 e. The van der Waals surface area contributed by atoms with Crippen molar-refractivity contribution in [2.45, 2.75) is 77.4 Å². The molecular formula is C20H29NO3. The zero-order valence-electron chi connectivity index (χ0n) is 14.9. The molecule has 1 fully saturated rings. The summed E-state index contributed by atoms with van der Waals surface area (Å²) in [5, 5.41) is 0. The third kappa shape index (κ3) is 3.64. The molecule has 2 heterocycles. The highest BCUT2D eigenvalue weighted by Crippen LogP contribution is 2.30. The van der Waals surface area contributed by atoms with Crippen LogP contribution in [0.2, 0.25) is 0 Å². The molecule has 1 atom stereocenters. The number of aromatic nitrogens is 1. The standard InChI is InChI=1S/C20H29NO3/c1-3-4-15-6-10-17(11-7-15)24-13-18-19(22)12-9-16-8-5-14(2)20(23)21(16)18/h5,8,15,17-18H,3-4,6-7,9-13H2,1-2H3. The monoisotopic (exact) mass is 331 g/mol. The number of carbonyl (C=O) groups excluding carboxylic acids is 1. The summed E-state index contributed by atoms with van der Waals surface area (Å²) in [6.45, 7) is 4.40. The number of carbonyl (C=O) groups is 1. The van der Waals surface area contributed by atoms with E-state index >= 15 is 0 Å². The van der Waals surface area contributed by atoms with E-state index in [1.807, 2.05) is 19.1 Å². The van der Waals surface area contributed by atoms with Crippen LogP contribution in [0.3, 0.4) is 0 Å². The van der Waals surface area contributed by atoms with E-state index in [0.29, 0.717) is 25.0 Å². The van der Waals surface area contributed by atoms with Gasteiger partial charge in [0.15, 0.2) is 5.78 Å². The molecule has 3 rings (SSSR count). The summed E-state index contributed by atoms with van der Waals surface area (Å²) in [4.78, 5) is 24.9. The number of ketones is 1. The molecule has 24 heavy (non-hydrogen) atoms. The molecule has 0 amide bonds. The van der Waals surface area contributed by atoms with E-state index in [2.05, 4.69) is 6.92 Å². The van der Waals surface area contributed by atoms with Gasteiger partial charge < -0.3 is 4.74 Å². The summed E-state index contributed by atoms with van der Waals surface area (Å²) in [7, 11) is 0. The maximum absolute atomic E-state index is 12.5. The van der Waals surface area contributed by atoms with E-state index in [1.165, 1.54) is 25.7 Å². The lowest BCUT2D eigenvalue weighted by atomic mass is 9.84. The second-order valence-corrected chi connectivity index (χ2v) is 7.43. The molecule has 2 aliphatic rings. The van der Waals surface area contributed by atoms with Crippen molar-refractivity contribution in [3.63, 3.8) is 0 Å². The second-order valence-electron chi connectivity index (χ2n) is 7.43. The Morgan fingerprint density at radius 3 is 2.58 bits per heavy atom. The summed E-state index contributed by atoms with van der Waals surface area (Å²) in [5.41, 5.74) is 1.62. The normalized spacial score (nSPS) is 27.1. The van der Waals surface area contributed by atoms with Crippen molar-refractivity contribution in [3.05, 3.63) is 33.7 Å². The fourth-order valence-electron chi connectivity index (χ4n) is 4.19. The first-order chi connectivity index (χ1) is 11.6. The number of nitrogens with zero attached hydrogens (tertiary/aromatic N) is 1. The van der Waals surface area contributed by atoms with Crippen LogP contribution < -0.4 is 5.56 Å². The van der Waals surface area contributed by atoms with E-state index < -0.39 is 6.04 Å². The Morgan fingerprint density at radius 1 is 1.12 bits per heavy atom. The molecule has 4 heteroatoms. The molecule has 4 nitrogen and oxygen atoms in total. The van der Waals surface area contributed by atoms with Crippen molar-refractivity contribution in [2.75, 3.05) is 6.61 Å². The van der Waals surface area contributed by atoms with E-state index in [4.69, 9.17) is 4.74 Å². The molecule has 0 aromatic carbocycles. The molecule has 0 radical (unpaired) electrons. The molecule has 1 aliphatic heterocycles. The highest BCUT2D eigenvalue weighted by Gasteiger charge is 2.30. The Bertz CT molecular complexity index is 641. The maximum Gasteiger partial charge on any atom is 0.254 e. The van der Waals surface area contributed by atoms with Crippen LogP contribution in [0.4, 0.5) is 0 Å². The van der Waals surface area contributed by atoms with Gasteiger partial charge in [0.05, 0.1) is 12.7 Å². The molecule has 0 spiro atoms. The first-order valence-corrected chi connectivity index (χ1v) is 9.45. The second kappa shape index (κ2) is 7.64. The minimum Gasteiger partial charge on any atom is -0.376 e. The van der Waals surface area contributed by atoms with Gasteiger partial charge in [-0.25, -0.2) is 0 Å². The fourth-order valence-corrected chi connectivity index (χ4v) is 4.19. The van der Waals surface area contributed by atoms with E-state index in [0.717, 1.165) is 24.5 Å². The number of Topliss-reactive ketones (excluding diaryl/α,β-unsaturated/α-hetero) is 1. The first-order valence-electron chi connectivity index (χ1n) is 9.45. The zero-order chi connectivity index (χ0) is 17.1. The van der Waals surface area contributed by atoms with Crippen LogP contribution in [0.25, 0.3) is 0 Å². The van der Waals surface area contributed by atoms with Gasteiger partial charge >= 0.3 is 0 Å². The van der Waals surface area contributed by atoms with Crippen LogP contribution in [-0.2, 0) is 16.0 Å². The number of ether oxygens (including phenoxy) is 1. The van der Waals surface area contributed by atoms with E-state index in [-0.39, 0.29) is 17.4 Å². The van der Waals surface area contributed by atoms with Crippen molar-refractivity contribution in [2.24, 2.45) is 5.92 Å². The lowest BCUT2D eigenvalue weighted by Crippen LogP contribution is -2.40. The lowest BCUT2D eigenvalue weighted by Gasteiger charge is -2.31. The van der Waals surface area contributed by atoms with Gasteiger partial charge in [0, 0.05) is 17.7 Å². The Hall–Kier alpha value is -1.42. The lowest BCUT2D eigenvalue weighted by molar-refractivity contribution is -0.126. The van der Waals surface area contributed by atoms with Crippen molar-refractivity contribution < 1.29 is 9.53 Å². The molecule has 1 aromatic rings. The van der Waals surface area contributed by atoms with Gasteiger partial charge in [0.25, 0.3) is 5.56 Å². The number of hydrogen-bond acceptors (Lipinski definition) is 3. The number of fused-ring (bicyclic) bond motifs is 1. The third-order valence-corrected chi connectivity index (χ3v) is 5.68. The molecule has 1 saturated carbocycles. The summed E-state index contributed by atoms with van der Waals surface area (Å²) >= 11 is 0. The van der Waals surface area contributed by atoms with E-state index in [9.17, 15) is 9.59 Å². The van der Waals surface area contributed by atoms with Gasteiger partial charge in [-0.3, -0.25) is 14.2 Å². The van der Waals surface area contributed by atoms with Crippen LogP contribution in [0, 0.1) is 12.8 Å². The SMILES string of the molecule is CCCC1CCC(OCC2C(=O)CCc3ccc(C)c(=O)n32)CC1. The number of rotatable bonds is 5. The molecular weight excluding hydrogens is 302 g/mol. The van der Waals surface area contributed by atoms with Crippen molar-refractivity contribution in [1.82, 2.24) is 4.57 Å². The number of pyridine rings is 1. The van der Waals surface area contributed by atoms with Gasteiger partial charge in [-0.15, -0.1) is 0 Å². The van der Waals surface area contributed by atoms with Crippen molar-refractivity contribution >= 4 is 5.78 Å². The summed E-state index contributed by atoms with van der Waals surface area (Å²) in [6, 6.07) is 3.40. The van der Waals surface area contributed by atoms with Gasteiger partial charge in [-0.05, 0) is 51.0 Å². The number of hydrogen-bond donors (Lipinski definition) is 0. The van der Waals surface area contributed by atoms with Crippen LogP contribution >= 0.6 is 0 Å². The molecule has 0 bridgehead atoms. The summed E-state index contributed by atoms with van der Waals surface area (Å²) in [5.74, 6) is 0.979. The van der Waals surface area contributed by atoms with E-state index in [1.54, 1.807) is 4.57 Å². The molecule has 1 unspecified atom stereocenters. The Morgan fingerprint density at radius 2 is 1.88 bits per heavy atom. The maximum atomic E-state index is 12.5. The van der Waals surface area contributed by atoms with Crippen molar-refractivity contribution in [3.8, 4) is 0 Å². The largest absolute Gasteiger partial charge is 0.376 e. The zero-order valence-corrected chi connectivity index (χ0v) is 14.9. The molecule has 132 valence electrons.